The third-order valence-corrected chi connectivity index (χ3v) is 4.83. The summed E-state index contributed by atoms with van der Waals surface area (Å²) in [6, 6.07) is 6.29. The monoisotopic (exact) mass is 486 g/mol. The predicted octanol–water partition coefficient (Wildman–Crippen LogP) is 7.10. The van der Waals surface area contributed by atoms with E-state index in [9.17, 15) is 0 Å². The van der Waals surface area contributed by atoms with E-state index < -0.39 is 0 Å². The Morgan fingerprint density at radius 3 is 1.10 bits per heavy atom. The van der Waals surface area contributed by atoms with Gasteiger partial charge in [-0.2, -0.15) is 9.79 Å². The first-order chi connectivity index (χ1) is 9.22. The summed E-state index contributed by atoms with van der Waals surface area (Å²) >= 11 is 43.5. The van der Waals surface area contributed by atoms with Crippen LogP contribution in [0.25, 0.3) is 0 Å². The maximum atomic E-state index is 5.65. The van der Waals surface area contributed by atoms with Gasteiger partial charge in [-0.15, -0.1) is 0 Å². The Morgan fingerprint density at radius 2 is 0.857 bits per heavy atom. The van der Waals surface area contributed by atoms with Gasteiger partial charge < -0.3 is 25.3 Å². The van der Waals surface area contributed by atoms with Crippen LogP contribution in [0.15, 0.2) is 34.1 Å². The third-order valence-electron chi connectivity index (χ3n) is 1.92. The molecule has 0 aromatic heterocycles. The van der Waals surface area contributed by atoms with Crippen LogP contribution < -0.4 is 0 Å². The Hall–Kier alpha value is 1.24. The smallest absolute Gasteiger partial charge is 0.778 e. The van der Waals surface area contributed by atoms with Crippen LogP contribution in [0.3, 0.4) is 0 Å². The van der Waals surface area contributed by atoms with Gasteiger partial charge in [0.25, 0.3) is 0 Å². The summed E-state index contributed by atoms with van der Waals surface area (Å²) in [6.07, 6.45) is 0. The van der Waals surface area contributed by atoms with Crippen molar-refractivity contribution >= 4 is 94.9 Å². The number of benzene rings is 2. The fourth-order valence-corrected chi connectivity index (χ4v) is 2.99. The Morgan fingerprint density at radius 1 is 0.571 bits per heavy atom. The summed E-state index contributed by atoms with van der Waals surface area (Å²) in [5, 5.41) is 2.61. The molecule has 0 heterocycles. The van der Waals surface area contributed by atoms with Crippen molar-refractivity contribution in [1.82, 2.24) is 0 Å². The second-order valence-corrected chi connectivity index (χ2v) is 6.72. The molecule has 0 spiro atoms. The molecule has 0 nitrogen and oxygen atoms in total. The molecule has 0 amide bonds. The molecule has 21 heavy (non-hydrogen) atoms. The maximum absolute atomic E-state index is 5.65. The molecule has 2 rings (SSSR count). The molecular weight excluding hydrogens is 486 g/mol. The van der Waals surface area contributed by atoms with Gasteiger partial charge in [-0.3, -0.25) is 0 Å². The van der Waals surface area contributed by atoms with Crippen LogP contribution in [0.5, 0.6) is 0 Å². The summed E-state index contributed by atoms with van der Waals surface area (Å²) in [6.45, 7) is 0. The molecule has 0 unspecified atom stereocenters. The second-order valence-electron chi connectivity index (χ2n) is 3.40. The van der Waals surface area contributed by atoms with Crippen LogP contribution in [0.1, 0.15) is 0 Å². The van der Waals surface area contributed by atoms with Crippen molar-refractivity contribution in [3.63, 3.8) is 0 Å². The van der Waals surface area contributed by atoms with Crippen molar-refractivity contribution in [2.45, 2.75) is 9.79 Å². The molecule has 0 aliphatic heterocycles. The molecule has 2 aromatic rings. The van der Waals surface area contributed by atoms with E-state index in [4.69, 9.17) is 94.9 Å². The summed E-state index contributed by atoms with van der Waals surface area (Å²) in [4.78, 5) is 0.971. The number of rotatable bonds is 0. The van der Waals surface area contributed by atoms with Gasteiger partial charge in [0.15, 0.2) is 0 Å². The van der Waals surface area contributed by atoms with E-state index >= 15 is 0 Å². The van der Waals surface area contributed by atoms with E-state index in [1.807, 2.05) is 0 Å². The van der Waals surface area contributed by atoms with Gasteiger partial charge in [0.1, 0.15) is 0 Å². The van der Waals surface area contributed by atoms with Crippen molar-refractivity contribution < 1.29 is 19.5 Å². The van der Waals surface area contributed by atoms with Gasteiger partial charge in [-0.25, -0.2) is 0 Å². The Balaban J connectivity index is 0.000000364. The van der Waals surface area contributed by atoms with Crippen LogP contribution >= 0.6 is 69.6 Å². The van der Waals surface area contributed by atoms with Gasteiger partial charge in [0, 0.05) is 20.1 Å². The van der Waals surface area contributed by atoms with Crippen molar-refractivity contribution in [2.75, 3.05) is 0 Å². The maximum Gasteiger partial charge on any atom is 2.00 e. The van der Waals surface area contributed by atoms with Gasteiger partial charge in [0.2, 0.25) is 0 Å². The van der Waals surface area contributed by atoms with Crippen molar-refractivity contribution in [3.8, 4) is 0 Å². The van der Waals surface area contributed by atoms with Crippen molar-refractivity contribution in [3.05, 3.63) is 54.4 Å². The molecule has 0 bridgehead atoms. The zero-order valence-corrected chi connectivity index (χ0v) is 19.2. The number of hydrogen-bond donors (Lipinski definition) is 0. The normalized spacial score (nSPS) is 9.43. The molecule has 9 heteroatoms. The third kappa shape index (κ3) is 7.12. The molecule has 0 saturated heterocycles. The van der Waals surface area contributed by atoms with E-state index in [0.29, 0.717) is 39.9 Å². The van der Waals surface area contributed by atoms with E-state index in [1.165, 1.54) is 0 Å². The molecule has 108 valence electrons. The van der Waals surface area contributed by atoms with Crippen molar-refractivity contribution in [1.29, 1.82) is 0 Å². The fraction of sp³-hybridized carbons (Fsp3) is 0. The molecule has 0 fully saturated rings. The Bertz CT molecular complexity index is 534. The molecule has 0 saturated carbocycles. The molecule has 0 aliphatic rings. The Labute approximate surface area is 177 Å². The largest absolute Gasteiger partial charge is 2.00 e. The minimum atomic E-state index is 0. The van der Waals surface area contributed by atoms with Crippen LogP contribution in [-0.2, 0) is 44.7 Å². The van der Waals surface area contributed by atoms with Crippen LogP contribution in [0.2, 0.25) is 30.1 Å². The first-order valence-electron chi connectivity index (χ1n) is 4.85. The van der Waals surface area contributed by atoms with Crippen LogP contribution in [-0.4, -0.2) is 0 Å². The van der Waals surface area contributed by atoms with Crippen LogP contribution in [0.4, 0.5) is 0 Å². The van der Waals surface area contributed by atoms with Crippen LogP contribution in [0, 0.1) is 0 Å². The van der Waals surface area contributed by atoms with Gasteiger partial charge >= 0.3 is 19.5 Å². The molecular formula is C12H4Cl6S2Zn. The van der Waals surface area contributed by atoms with Crippen molar-refractivity contribution in [2.24, 2.45) is 0 Å². The molecule has 2 aromatic carbocycles. The summed E-state index contributed by atoms with van der Waals surface area (Å²) in [5.41, 5.74) is 0. The average Bonchev–Trinajstić information content (AvgIpc) is 2.33. The molecule has 0 aliphatic carbocycles. The standard InChI is InChI=1S/2C6H3Cl3S.Zn/c2*7-3-1-4(8)6(9)5(10)2-3;/h2*1-2,10H;/q;;+2/p-2. The zero-order chi connectivity index (χ0) is 15.4. The quantitative estimate of drug-likeness (QED) is 0.220. The second kappa shape index (κ2) is 10.2. The molecule has 0 atom stereocenters. The van der Waals surface area contributed by atoms with Gasteiger partial charge in [-0.05, 0) is 12.1 Å². The zero-order valence-electron chi connectivity index (χ0n) is 10.1. The van der Waals surface area contributed by atoms with E-state index in [2.05, 4.69) is 0 Å². The van der Waals surface area contributed by atoms with E-state index in [-0.39, 0.29) is 19.5 Å². The predicted molar refractivity (Wildman–Crippen MR) is 94.2 cm³/mol. The van der Waals surface area contributed by atoms with Gasteiger partial charge in [0.05, 0.1) is 10.0 Å². The number of hydrogen-bond acceptors (Lipinski definition) is 2. The minimum absolute atomic E-state index is 0. The fourth-order valence-electron chi connectivity index (χ4n) is 1.06. The minimum Gasteiger partial charge on any atom is -0.778 e. The first kappa shape index (κ1) is 22.2. The summed E-state index contributed by atoms with van der Waals surface area (Å²) in [5.74, 6) is 0. The SMILES string of the molecule is [S-]c1cc(Cl)cc(Cl)c1Cl.[S-]c1cc(Cl)cc(Cl)c1Cl.[Zn+2]. The summed E-state index contributed by atoms with van der Waals surface area (Å²) in [7, 11) is 0. The molecule has 0 radical (unpaired) electrons. The molecule has 0 N–H and O–H groups in total. The van der Waals surface area contributed by atoms with Gasteiger partial charge in [-0.1, -0.05) is 81.7 Å². The first-order valence-corrected chi connectivity index (χ1v) is 7.94. The topological polar surface area (TPSA) is 0 Å². The average molecular weight is 490 g/mol. The number of halogens is 6. The van der Waals surface area contributed by atoms with E-state index in [1.54, 1.807) is 24.3 Å². The summed E-state index contributed by atoms with van der Waals surface area (Å²) < 4.78 is 0. The van der Waals surface area contributed by atoms with E-state index in [0.717, 1.165) is 0 Å². The Kier molecular flexibility index (Phi) is 10.8.